The number of hydrogen-bond acceptors (Lipinski definition) is 3. The van der Waals surface area contributed by atoms with E-state index in [0.29, 0.717) is 6.42 Å². The van der Waals surface area contributed by atoms with Crippen molar-refractivity contribution in [3.63, 3.8) is 0 Å². The van der Waals surface area contributed by atoms with Crippen molar-refractivity contribution in [1.29, 1.82) is 0 Å². The van der Waals surface area contributed by atoms with Crippen LogP contribution in [0.2, 0.25) is 5.02 Å². The first kappa shape index (κ1) is 23.7. The normalized spacial score (nSPS) is 15.9. The number of carbonyl (C=O) groups is 1. The van der Waals surface area contributed by atoms with Crippen molar-refractivity contribution in [2.45, 2.75) is 58.3 Å². The standard InChI is InChI=1S/C30H32ClN3O/c1-30(2,3)24-17-23-5-4-22-18-25(31)6-7-26(22)28(29(23)33-19-24)21-10-14-34(15-11-21)27(35)16-20-8-12-32-13-9-20/h6-9,12-13,17-19H,4-5,10-11,14-16H2,1-3H3. The second-order valence-electron chi connectivity index (χ2n) is 10.7. The van der Waals surface area contributed by atoms with E-state index in [9.17, 15) is 4.79 Å². The quantitative estimate of drug-likeness (QED) is 0.434. The molecular formula is C30H32ClN3O. The number of pyridine rings is 2. The first-order valence-corrected chi connectivity index (χ1v) is 12.8. The zero-order valence-electron chi connectivity index (χ0n) is 20.8. The highest BCUT2D eigenvalue weighted by Crippen LogP contribution is 2.39. The lowest BCUT2D eigenvalue weighted by Crippen LogP contribution is -2.37. The van der Waals surface area contributed by atoms with Gasteiger partial charge in [0.2, 0.25) is 5.91 Å². The second-order valence-corrected chi connectivity index (χ2v) is 11.1. The van der Waals surface area contributed by atoms with Gasteiger partial charge in [-0.15, -0.1) is 0 Å². The molecule has 0 spiro atoms. The minimum atomic E-state index is 0.0539. The largest absolute Gasteiger partial charge is 0.342 e. The molecule has 4 nitrogen and oxygen atoms in total. The van der Waals surface area contributed by atoms with E-state index < -0.39 is 0 Å². The van der Waals surface area contributed by atoms with Gasteiger partial charge in [0.25, 0.3) is 0 Å². The number of likely N-dealkylation sites (tertiary alicyclic amines) is 1. The summed E-state index contributed by atoms with van der Waals surface area (Å²) in [6.45, 7) is 8.18. The lowest BCUT2D eigenvalue weighted by atomic mass is 9.85. The molecular weight excluding hydrogens is 454 g/mol. The van der Waals surface area contributed by atoms with Crippen molar-refractivity contribution in [2.75, 3.05) is 13.1 Å². The zero-order valence-corrected chi connectivity index (χ0v) is 21.5. The van der Waals surface area contributed by atoms with Gasteiger partial charge in [0.15, 0.2) is 0 Å². The van der Waals surface area contributed by atoms with E-state index in [1.54, 1.807) is 12.4 Å². The summed E-state index contributed by atoms with van der Waals surface area (Å²) >= 11 is 6.40. The third kappa shape index (κ3) is 5.04. The van der Waals surface area contributed by atoms with E-state index in [1.165, 1.54) is 33.4 Å². The fraction of sp³-hybridized carbons (Fsp3) is 0.367. The van der Waals surface area contributed by atoms with Crippen LogP contribution in [0, 0.1) is 0 Å². The Labute approximate surface area is 213 Å². The van der Waals surface area contributed by atoms with E-state index in [4.69, 9.17) is 16.6 Å². The average Bonchev–Trinajstić information content (AvgIpc) is 3.00. The van der Waals surface area contributed by atoms with Crippen LogP contribution in [0.5, 0.6) is 0 Å². The van der Waals surface area contributed by atoms with Crippen LogP contribution in [-0.4, -0.2) is 33.9 Å². The number of fused-ring (bicyclic) bond motifs is 2. The Morgan fingerprint density at radius 2 is 1.69 bits per heavy atom. The summed E-state index contributed by atoms with van der Waals surface area (Å²) in [7, 11) is 0. The minimum absolute atomic E-state index is 0.0539. The molecule has 1 fully saturated rings. The zero-order chi connectivity index (χ0) is 24.6. The maximum absolute atomic E-state index is 12.9. The Hall–Kier alpha value is -2.98. The van der Waals surface area contributed by atoms with Crippen LogP contribution in [0.3, 0.4) is 0 Å². The molecule has 5 rings (SSSR count). The number of amides is 1. The molecule has 3 aromatic rings. The van der Waals surface area contributed by atoms with E-state index in [1.807, 2.05) is 29.3 Å². The molecule has 2 aromatic heterocycles. The maximum atomic E-state index is 12.9. The molecule has 2 aliphatic rings. The Bertz CT molecular complexity index is 1280. The Kier molecular flexibility index (Phi) is 6.50. The van der Waals surface area contributed by atoms with Crippen molar-refractivity contribution < 1.29 is 4.79 Å². The second kappa shape index (κ2) is 9.58. The molecule has 0 N–H and O–H groups in total. The van der Waals surface area contributed by atoms with Crippen LogP contribution in [0.25, 0.3) is 5.57 Å². The Morgan fingerprint density at radius 3 is 2.40 bits per heavy atom. The first-order chi connectivity index (χ1) is 16.8. The Morgan fingerprint density at radius 1 is 0.971 bits per heavy atom. The number of rotatable bonds is 2. The van der Waals surface area contributed by atoms with Crippen LogP contribution in [0.1, 0.15) is 67.1 Å². The third-order valence-electron chi connectivity index (χ3n) is 7.25. The van der Waals surface area contributed by atoms with Crippen molar-refractivity contribution in [3.8, 4) is 0 Å². The van der Waals surface area contributed by atoms with Gasteiger partial charge in [0, 0.05) is 42.3 Å². The van der Waals surface area contributed by atoms with Gasteiger partial charge >= 0.3 is 0 Å². The summed E-state index contributed by atoms with van der Waals surface area (Å²) in [6.07, 6.45) is 9.59. The summed E-state index contributed by atoms with van der Waals surface area (Å²) < 4.78 is 0. The summed E-state index contributed by atoms with van der Waals surface area (Å²) in [5.41, 5.74) is 9.92. The molecule has 3 heterocycles. The number of hydrogen-bond donors (Lipinski definition) is 0. The molecule has 180 valence electrons. The number of aromatic nitrogens is 2. The molecule has 0 saturated carbocycles. The first-order valence-electron chi connectivity index (χ1n) is 12.5. The van der Waals surface area contributed by atoms with Crippen LogP contribution in [0.4, 0.5) is 0 Å². The summed E-state index contributed by atoms with van der Waals surface area (Å²) in [4.78, 5) is 24.0. The number of carbonyl (C=O) groups excluding carboxylic acids is 1. The predicted octanol–water partition coefficient (Wildman–Crippen LogP) is 6.19. The lowest BCUT2D eigenvalue weighted by molar-refractivity contribution is -0.130. The fourth-order valence-electron chi connectivity index (χ4n) is 5.17. The SMILES string of the molecule is CC(C)(C)c1cnc2c(c1)CCc1cc(Cl)ccc1C2=C1CCN(C(=O)Cc2ccncc2)CC1. The predicted molar refractivity (Wildman–Crippen MR) is 142 cm³/mol. The van der Waals surface area contributed by atoms with E-state index in [2.05, 4.69) is 44.0 Å². The molecule has 0 atom stereocenters. The smallest absolute Gasteiger partial charge is 0.227 e. The van der Waals surface area contributed by atoms with Crippen LogP contribution in [0.15, 0.2) is 60.6 Å². The van der Waals surface area contributed by atoms with Crippen molar-refractivity contribution >= 4 is 23.1 Å². The highest BCUT2D eigenvalue weighted by Gasteiger charge is 2.28. The topological polar surface area (TPSA) is 46.1 Å². The number of aryl methyl sites for hydroxylation is 2. The van der Waals surface area contributed by atoms with Gasteiger partial charge in [-0.3, -0.25) is 14.8 Å². The molecule has 1 aliphatic carbocycles. The average molecular weight is 486 g/mol. The molecule has 5 heteroatoms. The number of nitrogens with zero attached hydrogens (tertiary/aromatic N) is 3. The fourth-order valence-corrected chi connectivity index (χ4v) is 5.36. The number of halogens is 1. The van der Waals surface area contributed by atoms with Crippen molar-refractivity contribution in [3.05, 3.63) is 99.1 Å². The van der Waals surface area contributed by atoms with Crippen LogP contribution < -0.4 is 0 Å². The van der Waals surface area contributed by atoms with Gasteiger partial charge in [-0.25, -0.2) is 0 Å². The monoisotopic (exact) mass is 485 g/mol. The summed E-state index contributed by atoms with van der Waals surface area (Å²) in [6, 6.07) is 12.4. The Balaban J connectivity index is 1.48. The molecule has 1 aliphatic heterocycles. The summed E-state index contributed by atoms with van der Waals surface area (Å²) in [5.74, 6) is 0.182. The molecule has 1 amide bonds. The highest BCUT2D eigenvalue weighted by molar-refractivity contribution is 6.30. The van der Waals surface area contributed by atoms with Gasteiger partial charge < -0.3 is 4.90 Å². The van der Waals surface area contributed by atoms with Gasteiger partial charge in [-0.2, -0.15) is 0 Å². The molecule has 0 bridgehead atoms. The molecule has 35 heavy (non-hydrogen) atoms. The molecule has 1 saturated heterocycles. The number of benzene rings is 1. The molecule has 0 unspecified atom stereocenters. The van der Waals surface area contributed by atoms with Crippen LogP contribution >= 0.6 is 11.6 Å². The lowest BCUT2D eigenvalue weighted by Gasteiger charge is -2.30. The van der Waals surface area contributed by atoms with E-state index in [0.717, 1.165) is 55.1 Å². The van der Waals surface area contributed by atoms with Gasteiger partial charge in [-0.05, 0) is 83.2 Å². The van der Waals surface area contributed by atoms with Crippen molar-refractivity contribution in [2.24, 2.45) is 0 Å². The van der Waals surface area contributed by atoms with Gasteiger partial charge in [0.1, 0.15) is 0 Å². The number of piperidine rings is 1. The summed E-state index contributed by atoms with van der Waals surface area (Å²) in [5, 5.41) is 0.777. The van der Waals surface area contributed by atoms with E-state index >= 15 is 0 Å². The third-order valence-corrected chi connectivity index (χ3v) is 7.48. The molecule has 0 radical (unpaired) electrons. The minimum Gasteiger partial charge on any atom is -0.342 e. The maximum Gasteiger partial charge on any atom is 0.227 e. The molecule has 1 aromatic carbocycles. The van der Waals surface area contributed by atoms with Crippen LogP contribution in [-0.2, 0) is 29.5 Å². The highest BCUT2D eigenvalue weighted by atomic mass is 35.5. The van der Waals surface area contributed by atoms with E-state index in [-0.39, 0.29) is 11.3 Å². The van der Waals surface area contributed by atoms with Crippen molar-refractivity contribution in [1.82, 2.24) is 14.9 Å². The van der Waals surface area contributed by atoms with Gasteiger partial charge in [0.05, 0.1) is 12.1 Å². The van der Waals surface area contributed by atoms with Gasteiger partial charge in [-0.1, -0.05) is 50.1 Å².